The second kappa shape index (κ2) is 7.06. The average Bonchev–Trinajstić information content (AvgIpc) is 2.54. The fraction of sp³-hybridized carbons (Fsp3) is 0.133. The molecule has 0 fully saturated rings. The minimum Gasteiger partial charge on any atom is -0.493 e. The van der Waals surface area contributed by atoms with Crippen LogP contribution in [0.5, 0.6) is 11.5 Å². The highest BCUT2D eigenvalue weighted by Gasteiger charge is 2.16. The van der Waals surface area contributed by atoms with Crippen LogP contribution in [-0.2, 0) is 14.8 Å². The molecule has 0 spiro atoms. The lowest BCUT2D eigenvalue weighted by Gasteiger charge is -2.09. The van der Waals surface area contributed by atoms with Gasteiger partial charge in [-0.15, -0.1) is 0 Å². The molecule has 0 aliphatic carbocycles. The van der Waals surface area contributed by atoms with Gasteiger partial charge in [-0.3, -0.25) is 4.79 Å². The Hall–Kier alpha value is -2.38. The van der Waals surface area contributed by atoms with Crippen molar-refractivity contribution in [3.63, 3.8) is 0 Å². The van der Waals surface area contributed by atoms with Crippen LogP contribution in [0.25, 0.3) is 0 Å². The second-order valence-electron chi connectivity index (χ2n) is 4.26. The van der Waals surface area contributed by atoms with Crippen LogP contribution in [0, 0.1) is 0 Å². The summed E-state index contributed by atoms with van der Waals surface area (Å²) in [6.45, 7) is -0.477. The monoisotopic (exact) mass is 321 g/mol. The van der Waals surface area contributed by atoms with Crippen molar-refractivity contribution in [3.8, 4) is 11.5 Å². The number of rotatable bonds is 6. The Morgan fingerprint density at radius 2 is 1.59 bits per heavy atom. The number of sulfonamides is 1. The van der Waals surface area contributed by atoms with Gasteiger partial charge in [0.2, 0.25) is 10.0 Å². The van der Waals surface area contributed by atoms with Crippen LogP contribution < -0.4 is 14.2 Å². The summed E-state index contributed by atoms with van der Waals surface area (Å²) in [5.41, 5.74) is 0. The summed E-state index contributed by atoms with van der Waals surface area (Å²) in [4.78, 5) is 11.8. The van der Waals surface area contributed by atoms with E-state index in [0.717, 1.165) is 0 Å². The molecule has 0 heterocycles. The Kier molecular flexibility index (Phi) is 5.13. The van der Waals surface area contributed by atoms with E-state index in [-0.39, 0.29) is 10.6 Å². The van der Waals surface area contributed by atoms with Crippen LogP contribution in [0.2, 0.25) is 0 Å². The summed E-state index contributed by atoms with van der Waals surface area (Å²) in [6.07, 6.45) is 0. The molecule has 2 aromatic carbocycles. The Morgan fingerprint density at radius 3 is 2.23 bits per heavy atom. The van der Waals surface area contributed by atoms with Crippen LogP contribution in [0.4, 0.5) is 0 Å². The average molecular weight is 321 g/mol. The highest BCUT2D eigenvalue weighted by molar-refractivity contribution is 7.89. The Bertz CT molecular complexity index is 744. The Morgan fingerprint density at radius 1 is 1.00 bits per heavy atom. The smallest absolute Gasteiger partial charge is 0.326 e. The molecular formula is C15H15NO5S. The number of methoxy groups -OCH3 is 1. The molecule has 0 amide bonds. The molecule has 22 heavy (non-hydrogen) atoms. The molecule has 116 valence electrons. The van der Waals surface area contributed by atoms with Crippen molar-refractivity contribution >= 4 is 16.0 Å². The van der Waals surface area contributed by atoms with Crippen molar-refractivity contribution in [2.24, 2.45) is 0 Å². The zero-order chi connectivity index (χ0) is 16.0. The summed E-state index contributed by atoms with van der Waals surface area (Å²) < 4.78 is 36.2. The first-order valence-electron chi connectivity index (χ1n) is 6.41. The Balaban J connectivity index is 1.99. The van der Waals surface area contributed by atoms with E-state index < -0.39 is 22.5 Å². The van der Waals surface area contributed by atoms with Gasteiger partial charge >= 0.3 is 5.97 Å². The summed E-state index contributed by atoms with van der Waals surface area (Å²) in [7, 11) is -2.30. The fourth-order valence-electron chi connectivity index (χ4n) is 1.70. The molecule has 0 atom stereocenters. The van der Waals surface area contributed by atoms with Crippen LogP contribution in [0.1, 0.15) is 0 Å². The lowest BCUT2D eigenvalue weighted by Crippen LogP contribution is -2.32. The third-order valence-corrected chi connectivity index (χ3v) is 4.17. The van der Waals surface area contributed by atoms with Gasteiger partial charge in [-0.1, -0.05) is 30.3 Å². The molecule has 0 saturated heterocycles. The number of para-hydroxylation sites is 2. The zero-order valence-electron chi connectivity index (χ0n) is 11.9. The molecule has 0 bridgehead atoms. The number of benzene rings is 2. The first-order chi connectivity index (χ1) is 10.5. The predicted molar refractivity (Wildman–Crippen MR) is 80.3 cm³/mol. The summed E-state index contributed by atoms with van der Waals surface area (Å²) in [5.74, 6) is -0.111. The van der Waals surface area contributed by atoms with Gasteiger partial charge in [0.1, 0.15) is 6.54 Å². The van der Waals surface area contributed by atoms with Gasteiger partial charge in [0.05, 0.1) is 12.0 Å². The predicted octanol–water partition coefficient (Wildman–Crippen LogP) is 1.58. The molecule has 0 radical (unpaired) electrons. The minimum atomic E-state index is -3.75. The quantitative estimate of drug-likeness (QED) is 0.645. The van der Waals surface area contributed by atoms with Crippen LogP contribution >= 0.6 is 0 Å². The molecule has 1 N–H and O–H groups in total. The molecule has 0 saturated carbocycles. The third kappa shape index (κ3) is 4.06. The van der Waals surface area contributed by atoms with Gasteiger partial charge in [0, 0.05) is 0 Å². The molecule has 7 heteroatoms. The first-order valence-corrected chi connectivity index (χ1v) is 7.89. The minimum absolute atomic E-state index is 0.0834. The van der Waals surface area contributed by atoms with E-state index in [4.69, 9.17) is 9.47 Å². The summed E-state index contributed by atoms with van der Waals surface area (Å²) in [6, 6.07) is 14.4. The largest absolute Gasteiger partial charge is 0.493 e. The van der Waals surface area contributed by atoms with Gasteiger partial charge in [-0.2, -0.15) is 4.72 Å². The number of nitrogens with one attached hydrogen (secondary N) is 1. The highest BCUT2D eigenvalue weighted by atomic mass is 32.2. The van der Waals surface area contributed by atoms with E-state index in [1.165, 1.54) is 19.2 Å². The Labute approximate surface area is 128 Å². The maximum absolute atomic E-state index is 12.0. The molecule has 0 unspecified atom stereocenters. The lowest BCUT2D eigenvalue weighted by atomic mass is 10.3. The third-order valence-electron chi connectivity index (χ3n) is 2.75. The molecule has 2 aromatic rings. The maximum Gasteiger partial charge on any atom is 0.326 e. The van der Waals surface area contributed by atoms with E-state index in [1.54, 1.807) is 42.5 Å². The van der Waals surface area contributed by atoms with Gasteiger partial charge in [0.15, 0.2) is 11.5 Å². The molecule has 0 aromatic heterocycles. The summed E-state index contributed by atoms with van der Waals surface area (Å²) in [5, 5.41) is 0. The maximum atomic E-state index is 12.0. The van der Waals surface area contributed by atoms with Crippen LogP contribution in [0.15, 0.2) is 59.5 Å². The van der Waals surface area contributed by atoms with Gasteiger partial charge in [0.25, 0.3) is 0 Å². The number of hydrogen-bond donors (Lipinski definition) is 1. The van der Waals surface area contributed by atoms with Gasteiger partial charge in [-0.05, 0) is 24.3 Å². The number of hydrogen-bond acceptors (Lipinski definition) is 5. The van der Waals surface area contributed by atoms with Crippen molar-refractivity contribution in [1.29, 1.82) is 0 Å². The molecule has 6 nitrogen and oxygen atoms in total. The lowest BCUT2D eigenvalue weighted by molar-refractivity contribution is -0.133. The van der Waals surface area contributed by atoms with Crippen LogP contribution in [-0.4, -0.2) is 28.0 Å². The number of carbonyl (C=O) groups excluding carboxylic acids is 1. The van der Waals surface area contributed by atoms with Crippen molar-refractivity contribution in [2.45, 2.75) is 4.90 Å². The zero-order valence-corrected chi connectivity index (χ0v) is 12.7. The normalized spacial score (nSPS) is 11.0. The molecule has 0 aliphatic heterocycles. The summed E-state index contributed by atoms with van der Waals surface area (Å²) >= 11 is 0. The van der Waals surface area contributed by atoms with E-state index in [2.05, 4.69) is 4.72 Å². The molecule has 0 aliphatic rings. The topological polar surface area (TPSA) is 81.7 Å². The highest BCUT2D eigenvalue weighted by Crippen LogP contribution is 2.25. The van der Waals surface area contributed by atoms with Gasteiger partial charge in [-0.25, -0.2) is 8.42 Å². The van der Waals surface area contributed by atoms with E-state index in [9.17, 15) is 13.2 Å². The van der Waals surface area contributed by atoms with Crippen molar-refractivity contribution in [2.75, 3.05) is 13.7 Å². The van der Waals surface area contributed by atoms with Crippen molar-refractivity contribution in [3.05, 3.63) is 54.6 Å². The fourth-order valence-corrected chi connectivity index (χ4v) is 2.69. The van der Waals surface area contributed by atoms with Crippen LogP contribution in [0.3, 0.4) is 0 Å². The SMILES string of the molecule is COc1ccccc1OC(=O)CNS(=O)(=O)c1ccccc1. The van der Waals surface area contributed by atoms with E-state index >= 15 is 0 Å². The number of ether oxygens (including phenoxy) is 2. The van der Waals surface area contributed by atoms with E-state index in [0.29, 0.717) is 5.75 Å². The molecular weight excluding hydrogens is 306 g/mol. The number of carbonyl (C=O) groups is 1. The van der Waals surface area contributed by atoms with Gasteiger partial charge < -0.3 is 9.47 Å². The number of esters is 1. The van der Waals surface area contributed by atoms with E-state index in [1.807, 2.05) is 0 Å². The van der Waals surface area contributed by atoms with Crippen molar-refractivity contribution in [1.82, 2.24) is 4.72 Å². The first kappa shape index (κ1) is 16.0. The van der Waals surface area contributed by atoms with Crippen molar-refractivity contribution < 1.29 is 22.7 Å². The standard InChI is InChI=1S/C15H15NO5S/c1-20-13-9-5-6-10-14(13)21-15(17)11-16-22(18,19)12-7-3-2-4-8-12/h2-10,16H,11H2,1H3. The molecule has 2 rings (SSSR count). The second-order valence-corrected chi connectivity index (χ2v) is 6.03.